The lowest BCUT2D eigenvalue weighted by Gasteiger charge is -2.26. The van der Waals surface area contributed by atoms with Crippen molar-refractivity contribution in [2.45, 2.75) is 67.7 Å². The van der Waals surface area contributed by atoms with E-state index in [0.717, 1.165) is 56.5 Å². The molecule has 0 radical (unpaired) electrons. The highest BCUT2D eigenvalue weighted by molar-refractivity contribution is 7.99. The largest absolute Gasteiger partial charge is 0.343 e. The van der Waals surface area contributed by atoms with Crippen molar-refractivity contribution in [1.82, 2.24) is 9.62 Å². The Hall–Kier alpha value is -1.58. The van der Waals surface area contributed by atoms with E-state index in [0.29, 0.717) is 17.4 Å². The smallest absolute Gasteiger partial charge is 0.240 e. The number of nitrogens with zero attached hydrogens (tertiary/aromatic N) is 1. The molecule has 1 saturated carbocycles. The number of hydrogen-bond donors (Lipinski definition) is 2. The molecular formula is C22H31N3O4S2. The molecular weight excluding hydrogens is 434 g/mol. The van der Waals surface area contributed by atoms with Crippen LogP contribution in [0.25, 0.3) is 0 Å². The number of thioether (sulfide) groups is 1. The fourth-order valence-electron chi connectivity index (χ4n) is 4.52. The Bertz CT molecular complexity index is 936. The van der Waals surface area contributed by atoms with Gasteiger partial charge < -0.3 is 10.2 Å². The van der Waals surface area contributed by atoms with Crippen molar-refractivity contribution in [2.24, 2.45) is 11.8 Å². The minimum absolute atomic E-state index is 0.0264. The fraction of sp³-hybridized carbons (Fsp3) is 0.636. The summed E-state index contributed by atoms with van der Waals surface area (Å²) in [7, 11) is -3.66. The van der Waals surface area contributed by atoms with Crippen molar-refractivity contribution in [3.8, 4) is 0 Å². The van der Waals surface area contributed by atoms with E-state index in [1.165, 1.54) is 11.8 Å². The van der Waals surface area contributed by atoms with Gasteiger partial charge in [0, 0.05) is 36.2 Å². The van der Waals surface area contributed by atoms with Gasteiger partial charge in [-0.3, -0.25) is 9.59 Å². The molecule has 3 aliphatic rings. The van der Waals surface area contributed by atoms with Crippen LogP contribution < -0.4 is 10.0 Å². The first-order valence-corrected chi connectivity index (χ1v) is 13.7. The number of rotatable bonds is 5. The maximum atomic E-state index is 12.9. The molecule has 0 bridgehead atoms. The summed E-state index contributed by atoms with van der Waals surface area (Å²) in [5, 5.41) is 2.87. The molecule has 4 rings (SSSR count). The minimum Gasteiger partial charge on any atom is -0.343 e. The standard InChI is InChI=1S/C22H31N3O4S2/c1-15-4-6-17(7-5-15)24-31(28,29)18-8-9-20-19(13-18)23-22(27)16(14-30-20)12-21(26)25-10-2-3-11-25/h8-9,13,15-17,24H,2-7,10-12,14H2,1H3,(H,23,27)/t15?,16-,17?/m1/s1. The van der Waals surface area contributed by atoms with E-state index in [1.54, 1.807) is 18.2 Å². The lowest BCUT2D eigenvalue weighted by Crippen LogP contribution is -2.37. The summed E-state index contributed by atoms with van der Waals surface area (Å²) >= 11 is 1.49. The van der Waals surface area contributed by atoms with E-state index in [-0.39, 0.29) is 29.2 Å². The number of hydrogen-bond acceptors (Lipinski definition) is 5. The molecule has 1 aromatic rings. The Morgan fingerprint density at radius 3 is 2.61 bits per heavy atom. The Labute approximate surface area is 188 Å². The summed E-state index contributed by atoms with van der Waals surface area (Å²) < 4.78 is 28.7. The molecule has 1 aliphatic carbocycles. The maximum Gasteiger partial charge on any atom is 0.240 e. The number of sulfonamides is 1. The molecule has 7 nitrogen and oxygen atoms in total. The van der Waals surface area contributed by atoms with E-state index in [1.807, 2.05) is 4.90 Å². The summed E-state index contributed by atoms with van der Waals surface area (Å²) in [5.74, 6) is 0.531. The first-order chi connectivity index (χ1) is 14.8. The molecule has 1 saturated heterocycles. The highest BCUT2D eigenvalue weighted by Gasteiger charge is 2.30. The SMILES string of the molecule is CC1CCC(NS(=O)(=O)c2ccc3c(c2)NC(=O)[C@H](CC(=O)N2CCCC2)CS3)CC1. The van der Waals surface area contributed by atoms with Crippen molar-refractivity contribution >= 4 is 39.3 Å². The van der Waals surface area contributed by atoms with Gasteiger partial charge in [-0.1, -0.05) is 6.92 Å². The van der Waals surface area contributed by atoms with E-state index in [4.69, 9.17) is 0 Å². The first-order valence-electron chi connectivity index (χ1n) is 11.2. The average molecular weight is 466 g/mol. The van der Waals surface area contributed by atoms with E-state index in [2.05, 4.69) is 17.0 Å². The number of amides is 2. The monoisotopic (exact) mass is 465 g/mol. The molecule has 170 valence electrons. The molecule has 2 fully saturated rings. The minimum atomic E-state index is -3.66. The van der Waals surface area contributed by atoms with Crippen molar-refractivity contribution in [3.05, 3.63) is 18.2 Å². The third-order valence-electron chi connectivity index (χ3n) is 6.55. The second kappa shape index (κ2) is 9.50. The number of benzene rings is 1. The van der Waals surface area contributed by atoms with Crippen LogP contribution in [0, 0.1) is 11.8 Å². The average Bonchev–Trinajstić information content (AvgIpc) is 3.23. The molecule has 2 N–H and O–H groups in total. The van der Waals surface area contributed by atoms with Crippen LogP contribution in [0.3, 0.4) is 0 Å². The topological polar surface area (TPSA) is 95.6 Å². The third kappa shape index (κ3) is 5.43. The number of carbonyl (C=O) groups is 2. The highest BCUT2D eigenvalue weighted by Crippen LogP contribution is 2.35. The van der Waals surface area contributed by atoms with Crippen LogP contribution in [0.2, 0.25) is 0 Å². The first kappa shape index (κ1) is 22.6. The predicted octanol–water partition coefficient (Wildman–Crippen LogP) is 3.22. The predicted molar refractivity (Wildman–Crippen MR) is 121 cm³/mol. The maximum absolute atomic E-state index is 12.9. The van der Waals surface area contributed by atoms with Gasteiger partial charge in [0.25, 0.3) is 0 Å². The van der Waals surface area contributed by atoms with E-state index in [9.17, 15) is 18.0 Å². The molecule has 0 spiro atoms. The van der Waals surface area contributed by atoms with Crippen LogP contribution in [0.1, 0.15) is 51.9 Å². The molecule has 1 aromatic carbocycles. The number of likely N-dealkylation sites (tertiary alicyclic amines) is 1. The summed E-state index contributed by atoms with van der Waals surface area (Å²) in [6.45, 7) is 3.74. The van der Waals surface area contributed by atoms with Crippen molar-refractivity contribution in [3.63, 3.8) is 0 Å². The molecule has 2 heterocycles. The lowest BCUT2D eigenvalue weighted by molar-refractivity contribution is -0.133. The molecule has 9 heteroatoms. The zero-order valence-corrected chi connectivity index (χ0v) is 19.6. The molecule has 31 heavy (non-hydrogen) atoms. The van der Waals surface area contributed by atoms with Crippen LogP contribution in [0.4, 0.5) is 5.69 Å². The number of fused-ring (bicyclic) bond motifs is 1. The van der Waals surface area contributed by atoms with Gasteiger partial charge in [0.15, 0.2) is 0 Å². The molecule has 0 unspecified atom stereocenters. The van der Waals surface area contributed by atoms with Crippen LogP contribution >= 0.6 is 11.8 Å². The summed E-state index contributed by atoms with van der Waals surface area (Å²) in [6, 6.07) is 4.85. The fourth-order valence-corrected chi connectivity index (χ4v) is 6.93. The van der Waals surface area contributed by atoms with Crippen LogP contribution in [-0.2, 0) is 19.6 Å². The highest BCUT2D eigenvalue weighted by atomic mass is 32.2. The zero-order valence-electron chi connectivity index (χ0n) is 17.9. The van der Waals surface area contributed by atoms with Gasteiger partial charge in [-0.15, -0.1) is 11.8 Å². The molecule has 2 aliphatic heterocycles. The Morgan fingerprint density at radius 2 is 1.90 bits per heavy atom. The van der Waals surface area contributed by atoms with Gasteiger partial charge in [0.1, 0.15) is 0 Å². The van der Waals surface area contributed by atoms with Gasteiger partial charge in [-0.2, -0.15) is 0 Å². The second-order valence-electron chi connectivity index (χ2n) is 9.03. The summed E-state index contributed by atoms with van der Waals surface area (Å²) in [4.78, 5) is 28.1. The van der Waals surface area contributed by atoms with Crippen molar-refractivity contribution < 1.29 is 18.0 Å². The van der Waals surface area contributed by atoms with Gasteiger partial charge >= 0.3 is 0 Å². The van der Waals surface area contributed by atoms with Crippen LogP contribution in [0.5, 0.6) is 0 Å². The third-order valence-corrected chi connectivity index (χ3v) is 9.30. The van der Waals surface area contributed by atoms with E-state index >= 15 is 0 Å². The second-order valence-corrected chi connectivity index (χ2v) is 11.8. The van der Waals surface area contributed by atoms with Gasteiger partial charge in [0.2, 0.25) is 21.8 Å². The molecule has 1 atom stereocenters. The van der Waals surface area contributed by atoms with E-state index < -0.39 is 15.9 Å². The number of nitrogens with one attached hydrogen (secondary N) is 2. The van der Waals surface area contributed by atoms with Gasteiger partial charge in [0.05, 0.1) is 16.5 Å². The normalized spacial score (nSPS) is 26.8. The van der Waals surface area contributed by atoms with Gasteiger partial charge in [-0.05, 0) is 62.6 Å². The van der Waals surface area contributed by atoms with Crippen molar-refractivity contribution in [2.75, 3.05) is 24.2 Å². The Morgan fingerprint density at radius 1 is 1.19 bits per heavy atom. The van der Waals surface area contributed by atoms with Crippen LogP contribution in [0.15, 0.2) is 28.0 Å². The lowest BCUT2D eigenvalue weighted by atomic mass is 9.88. The van der Waals surface area contributed by atoms with Crippen LogP contribution in [-0.4, -0.2) is 50.0 Å². The van der Waals surface area contributed by atoms with Crippen molar-refractivity contribution in [1.29, 1.82) is 0 Å². The Balaban J connectivity index is 1.43. The summed E-state index contributed by atoms with van der Waals surface area (Å²) in [5.41, 5.74) is 0.506. The molecule has 2 amide bonds. The summed E-state index contributed by atoms with van der Waals surface area (Å²) in [6.07, 6.45) is 6.00. The quantitative estimate of drug-likeness (QED) is 0.696. The van der Waals surface area contributed by atoms with Gasteiger partial charge in [-0.25, -0.2) is 13.1 Å². The Kier molecular flexibility index (Phi) is 6.93. The zero-order chi connectivity index (χ0) is 22.0. The number of carbonyl (C=O) groups excluding carboxylic acids is 2. The number of anilines is 1. The molecule has 0 aromatic heterocycles.